The van der Waals surface area contributed by atoms with E-state index in [0.717, 1.165) is 17.1 Å². The second-order valence-corrected chi connectivity index (χ2v) is 4.48. The summed E-state index contributed by atoms with van der Waals surface area (Å²) in [6, 6.07) is 0.0320. The Labute approximate surface area is 106 Å². The van der Waals surface area contributed by atoms with Gasteiger partial charge in [0.05, 0.1) is 17.1 Å². The first-order chi connectivity index (χ1) is 8.50. The predicted octanol–water partition coefficient (Wildman–Crippen LogP) is 2.36. The number of anilines is 1. The van der Waals surface area contributed by atoms with Crippen molar-refractivity contribution >= 4 is 11.7 Å². The highest BCUT2D eigenvalue weighted by atomic mass is 16.2. The molecule has 18 heavy (non-hydrogen) atoms. The second kappa shape index (κ2) is 4.64. The van der Waals surface area contributed by atoms with E-state index < -0.39 is 0 Å². The molecule has 0 saturated carbocycles. The van der Waals surface area contributed by atoms with Gasteiger partial charge in [-0.15, -0.1) is 0 Å². The van der Waals surface area contributed by atoms with E-state index in [1.807, 2.05) is 18.5 Å². The van der Waals surface area contributed by atoms with Gasteiger partial charge in [-0.3, -0.25) is 9.25 Å². The summed E-state index contributed by atoms with van der Waals surface area (Å²) in [5.41, 5.74) is 2.54. The first-order valence-electron chi connectivity index (χ1n) is 5.85. The second-order valence-electron chi connectivity index (χ2n) is 4.48. The van der Waals surface area contributed by atoms with Crippen molar-refractivity contribution in [3.8, 4) is 0 Å². The summed E-state index contributed by atoms with van der Waals surface area (Å²) in [6.07, 6.45) is 4.64. The van der Waals surface area contributed by atoms with Crippen LogP contribution in [0.3, 0.4) is 0 Å². The molecule has 0 aliphatic rings. The summed E-state index contributed by atoms with van der Waals surface area (Å²) >= 11 is 0. The number of carbonyl (C=O) groups is 1. The van der Waals surface area contributed by atoms with Gasteiger partial charge >= 0.3 is 6.03 Å². The van der Waals surface area contributed by atoms with Gasteiger partial charge in [0, 0.05) is 18.4 Å². The Kier molecular flexibility index (Phi) is 3.18. The molecule has 0 radical (unpaired) electrons. The van der Waals surface area contributed by atoms with E-state index >= 15 is 0 Å². The number of amides is 1. The zero-order valence-electron chi connectivity index (χ0n) is 11.0. The fourth-order valence-corrected chi connectivity index (χ4v) is 1.90. The molecule has 0 saturated heterocycles. The van der Waals surface area contributed by atoms with Crippen molar-refractivity contribution in [3.05, 3.63) is 30.1 Å². The van der Waals surface area contributed by atoms with Crippen LogP contribution in [0.25, 0.3) is 0 Å². The molecule has 2 rings (SSSR count). The molecule has 0 spiro atoms. The van der Waals surface area contributed by atoms with Crippen LogP contribution in [0.5, 0.6) is 0 Å². The summed E-state index contributed by atoms with van der Waals surface area (Å²) in [4.78, 5) is 15.8. The maximum atomic E-state index is 11.9. The number of aryl methyl sites for hydroxylation is 1. The first-order valence-corrected chi connectivity index (χ1v) is 5.85. The number of hydrogen-bond acceptors (Lipinski definition) is 3. The van der Waals surface area contributed by atoms with Gasteiger partial charge in [0.15, 0.2) is 0 Å². The molecule has 0 aliphatic heterocycles. The van der Waals surface area contributed by atoms with E-state index in [2.05, 4.69) is 29.2 Å². The number of rotatable bonds is 2. The topological polar surface area (TPSA) is 64.7 Å². The zero-order chi connectivity index (χ0) is 13.3. The summed E-state index contributed by atoms with van der Waals surface area (Å²) < 4.78 is 3.30. The maximum absolute atomic E-state index is 11.9. The Bertz CT molecular complexity index is 553. The van der Waals surface area contributed by atoms with Crippen LogP contribution in [0, 0.1) is 13.8 Å². The molecule has 6 nitrogen and oxygen atoms in total. The normalized spacial score (nSPS) is 10.9. The van der Waals surface area contributed by atoms with Crippen molar-refractivity contribution in [2.45, 2.75) is 33.7 Å². The SMILES string of the molecule is Cc1nn(C(C)C)c(C)c1NC(=O)n1ccnc1. The lowest BCUT2D eigenvalue weighted by Gasteiger charge is -2.09. The standard InChI is InChI=1S/C12H17N5O/c1-8(2)17-10(4)11(9(3)15-17)14-12(18)16-6-5-13-7-16/h5-8H,1-4H3,(H,14,18). The van der Waals surface area contributed by atoms with E-state index in [-0.39, 0.29) is 12.1 Å². The quantitative estimate of drug-likeness (QED) is 0.886. The monoisotopic (exact) mass is 247 g/mol. The third-order valence-electron chi connectivity index (χ3n) is 2.78. The molecular formula is C12H17N5O. The summed E-state index contributed by atoms with van der Waals surface area (Å²) in [5, 5.41) is 7.28. The van der Waals surface area contributed by atoms with Crippen LogP contribution in [0.4, 0.5) is 10.5 Å². The third-order valence-corrected chi connectivity index (χ3v) is 2.78. The molecule has 0 fully saturated rings. The number of imidazole rings is 1. The average Bonchev–Trinajstić information content (AvgIpc) is 2.92. The van der Waals surface area contributed by atoms with Crippen LogP contribution in [0.2, 0.25) is 0 Å². The highest BCUT2D eigenvalue weighted by Gasteiger charge is 2.16. The molecule has 96 valence electrons. The van der Waals surface area contributed by atoms with Gasteiger partial charge in [0.25, 0.3) is 0 Å². The Hall–Kier alpha value is -2.11. The van der Waals surface area contributed by atoms with Gasteiger partial charge in [-0.1, -0.05) is 0 Å². The van der Waals surface area contributed by atoms with Gasteiger partial charge < -0.3 is 5.32 Å². The fourth-order valence-electron chi connectivity index (χ4n) is 1.90. The number of nitrogens with one attached hydrogen (secondary N) is 1. The smallest absolute Gasteiger partial charge is 0.304 e. The van der Waals surface area contributed by atoms with Crippen LogP contribution in [-0.4, -0.2) is 25.4 Å². The lowest BCUT2D eigenvalue weighted by molar-refractivity contribution is 0.253. The predicted molar refractivity (Wildman–Crippen MR) is 68.7 cm³/mol. The number of aromatic nitrogens is 4. The van der Waals surface area contributed by atoms with E-state index in [0.29, 0.717) is 0 Å². The van der Waals surface area contributed by atoms with Gasteiger partial charge in [0.2, 0.25) is 0 Å². The molecule has 0 bridgehead atoms. The highest BCUT2D eigenvalue weighted by Crippen LogP contribution is 2.22. The lowest BCUT2D eigenvalue weighted by atomic mass is 10.3. The van der Waals surface area contributed by atoms with Crippen molar-refractivity contribution in [1.82, 2.24) is 19.3 Å². The van der Waals surface area contributed by atoms with Crippen molar-refractivity contribution in [3.63, 3.8) is 0 Å². The van der Waals surface area contributed by atoms with Crippen molar-refractivity contribution in [2.75, 3.05) is 5.32 Å². The molecule has 0 atom stereocenters. The molecule has 2 aromatic heterocycles. The maximum Gasteiger partial charge on any atom is 0.331 e. The first kappa shape index (κ1) is 12.3. The van der Waals surface area contributed by atoms with Crippen LogP contribution in [0.1, 0.15) is 31.3 Å². The Balaban J connectivity index is 2.27. The summed E-state index contributed by atoms with van der Waals surface area (Å²) in [5.74, 6) is 0. The highest BCUT2D eigenvalue weighted by molar-refractivity contribution is 5.92. The molecule has 0 aliphatic carbocycles. The van der Waals surface area contributed by atoms with Gasteiger partial charge in [-0.05, 0) is 27.7 Å². The molecule has 1 amide bonds. The molecule has 2 heterocycles. The largest absolute Gasteiger partial charge is 0.331 e. The minimum atomic E-state index is -0.234. The van der Waals surface area contributed by atoms with E-state index in [4.69, 9.17) is 0 Å². The molecule has 0 aromatic carbocycles. The number of hydrogen-bond donors (Lipinski definition) is 1. The third kappa shape index (κ3) is 2.13. The molecule has 1 N–H and O–H groups in total. The lowest BCUT2D eigenvalue weighted by Crippen LogP contribution is -2.18. The van der Waals surface area contributed by atoms with Gasteiger partial charge in [0.1, 0.15) is 6.33 Å². The van der Waals surface area contributed by atoms with E-state index in [9.17, 15) is 4.79 Å². The van der Waals surface area contributed by atoms with Crippen LogP contribution in [0.15, 0.2) is 18.7 Å². The van der Waals surface area contributed by atoms with Gasteiger partial charge in [-0.2, -0.15) is 5.10 Å². The van der Waals surface area contributed by atoms with E-state index in [1.54, 1.807) is 12.4 Å². The zero-order valence-corrected chi connectivity index (χ0v) is 11.0. The minimum absolute atomic E-state index is 0.234. The van der Waals surface area contributed by atoms with Crippen LogP contribution in [-0.2, 0) is 0 Å². The Morgan fingerprint density at radius 2 is 2.11 bits per heavy atom. The van der Waals surface area contributed by atoms with E-state index in [1.165, 1.54) is 10.9 Å². The fraction of sp³-hybridized carbons (Fsp3) is 0.417. The molecule has 2 aromatic rings. The van der Waals surface area contributed by atoms with Crippen molar-refractivity contribution < 1.29 is 4.79 Å². The Morgan fingerprint density at radius 1 is 1.39 bits per heavy atom. The van der Waals surface area contributed by atoms with Crippen LogP contribution >= 0.6 is 0 Å². The molecule has 6 heteroatoms. The Morgan fingerprint density at radius 3 is 2.61 bits per heavy atom. The van der Waals surface area contributed by atoms with Crippen LogP contribution < -0.4 is 5.32 Å². The van der Waals surface area contributed by atoms with Crippen molar-refractivity contribution in [1.29, 1.82) is 0 Å². The molecular weight excluding hydrogens is 230 g/mol. The van der Waals surface area contributed by atoms with Gasteiger partial charge in [-0.25, -0.2) is 9.78 Å². The average molecular weight is 247 g/mol. The summed E-state index contributed by atoms with van der Waals surface area (Å²) in [7, 11) is 0. The minimum Gasteiger partial charge on any atom is -0.304 e. The summed E-state index contributed by atoms with van der Waals surface area (Å²) in [6.45, 7) is 7.95. The molecule has 0 unspecified atom stereocenters. The van der Waals surface area contributed by atoms with Crippen molar-refractivity contribution in [2.24, 2.45) is 0 Å². The number of carbonyl (C=O) groups excluding carboxylic acids is 1. The number of nitrogens with zero attached hydrogens (tertiary/aromatic N) is 4.